The van der Waals surface area contributed by atoms with Gasteiger partial charge in [0.05, 0.1) is 19.6 Å². The molecule has 0 fully saturated rings. The Hall–Kier alpha value is 0.210. The third-order valence-corrected chi connectivity index (χ3v) is 9.46. The predicted molar refractivity (Wildman–Crippen MR) is 186 cm³/mol. The van der Waals surface area contributed by atoms with Crippen LogP contribution < -0.4 is 17.3 Å². The van der Waals surface area contributed by atoms with Crippen LogP contribution in [-0.4, -0.2) is 31.3 Å². The molecule has 256 valence electrons. The molecule has 0 bridgehead atoms. The minimum atomic E-state index is 0. The van der Waals surface area contributed by atoms with E-state index in [0.29, 0.717) is 6.61 Å². The Morgan fingerprint density at radius 1 is 0.286 bits per heavy atom. The molecule has 0 saturated carbocycles. The molecule has 0 heterocycles. The van der Waals surface area contributed by atoms with Crippen LogP contribution in [0.4, 0.5) is 0 Å². The Labute approximate surface area is 273 Å². The van der Waals surface area contributed by atoms with Gasteiger partial charge in [-0.25, -0.2) is 0 Å². The molecule has 0 aromatic rings. The maximum atomic E-state index is 9.33. The van der Waals surface area contributed by atoms with Crippen molar-refractivity contribution in [3.05, 3.63) is 0 Å². The molecular weight excluding hydrogens is 534 g/mol. The highest BCUT2D eigenvalue weighted by molar-refractivity contribution is 4.52. The second-order valence-electron chi connectivity index (χ2n) is 13.7. The molecule has 0 aliphatic heterocycles. The molecule has 0 spiro atoms. The summed E-state index contributed by atoms with van der Waals surface area (Å²) in [5.41, 5.74) is 0. The van der Waals surface area contributed by atoms with E-state index in [4.69, 9.17) is 0 Å². The van der Waals surface area contributed by atoms with E-state index < -0.39 is 0 Å². The molecule has 2 N–H and O–H groups in total. The Balaban J connectivity index is 0. The summed E-state index contributed by atoms with van der Waals surface area (Å²) in [5, 5.41) is 9.33. The fourth-order valence-electron chi connectivity index (χ4n) is 6.55. The minimum Gasteiger partial charge on any atom is -1.00 e. The third-order valence-electron chi connectivity index (χ3n) is 9.46. The van der Waals surface area contributed by atoms with Crippen molar-refractivity contribution < 1.29 is 22.4 Å². The highest BCUT2D eigenvalue weighted by Gasteiger charge is 2.08. The van der Waals surface area contributed by atoms with Crippen molar-refractivity contribution in [1.29, 1.82) is 0 Å². The van der Waals surface area contributed by atoms with Crippen molar-refractivity contribution in [2.75, 3.05) is 26.2 Å². The van der Waals surface area contributed by atoms with Crippen molar-refractivity contribution in [2.24, 2.45) is 0 Å². The summed E-state index contributed by atoms with van der Waals surface area (Å²) in [6.45, 7) is 8.81. The topological polar surface area (TPSA) is 24.7 Å². The van der Waals surface area contributed by atoms with Crippen molar-refractivity contribution >= 4 is 0 Å². The summed E-state index contributed by atoms with van der Waals surface area (Å²) in [4.78, 5) is 1.76. The summed E-state index contributed by atoms with van der Waals surface area (Å²) >= 11 is 0. The van der Waals surface area contributed by atoms with Crippen LogP contribution in [0, 0.1) is 0 Å². The molecule has 0 saturated heterocycles. The van der Waals surface area contributed by atoms with E-state index in [-0.39, 0.29) is 12.4 Å². The fraction of sp³-hybridized carbons (Fsp3) is 1.00. The summed E-state index contributed by atoms with van der Waals surface area (Å²) in [6, 6.07) is 0. The largest absolute Gasteiger partial charge is 1.00 e. The van der Waals surface area contributed by atoms with Crippen LogP contribution in [0.1, 0.15) is 226 Å². The summed E-state index contributed by atoms with van der Waals surface area (Å²) in [7, 11) is 0. The van der Waals surface area contributed by atoms with Crippen LogP contribution in [0.2, 0.25) is 0 Å². The van der Waals surface area contributed by atoms with Crippen LogP contribution in [0.3, 0.4) is 0 Å². The third kappa shape index (κ3) is 38.2. The predicted octanol–water partition coefficient (Wildman–Crippen LogP) is 8.78. The van der Waals surface area contributed by atoms with E-state index in [0.717, 1.165) is 6.42 Å². The van der Waals surface area contributed by atoms with E-state index in [1.807, 2.05) is 0 Å². The molecule has 0 aromatic carbocycles. The van der Waals surface area contributed by atoms with Gasteiger partial charge in [-0.05, 0) is 25.7 Å². The lowest BCUT2D eigenvalue weighted by Crippen LogP contribution is -3.12. The smallest absolute Gasteiger partial charge is 0.0793 e. The van der Waals surface area contributed by atoms with Gasteiger partial charge >= 0.3 is 0 Å². The van der Waals surface area contributed by atoms with Gasteiger partial charge in [0.15, 0.2) is 0 Å². The van der Waals surface area contributed by atoms with Crippen LogP contribution in [0.15, 0.2) is 0 Å². The van der Waals surface area contributed by atoms with Gasteiger partial charge in [0.1, 0.15) is 0 Å². The highest BCUT2D eigenvalue weighted by atomic mass is 35.5. The first-order valence-electron chi connectivity index (χ1n) is 19.8. The molecule has 0 aliphatic carbocycles. The van der Waals surface area contributed by atoms with Crippen LogP contribution in [0.25, 0.3) is 0 Å². The Bertz CT molecular complexity index is 410. The number of aliphatic hydroxyl groups excluding tert-OH is 1. The maximum absolute atomic E-state index is 9.33. The summed E-state index contributed by atoms with van der Waals surface area (Å²) in [5.74, 6) is 0. The number of hydrogen-bond acceptors (Lipinski definition) is 1. The van der Waals surface area contributed by atoms with Crippen LogP contribution in [0.5, 0.6) is 0 Å². The van der Waals surface area contributed by atoms with E-state index in [1.165, 1.54) is 225 Å². The lowest BCUT2D eigenvalue weighted by atomic mass is 10.0. The van der Waals surface area contributed by atoms with E-state index in [1.54, 1.807) is 4.90 Å². The Morgan fingerprint density at radius 2 is 0.476 bits per heavy atom. The van der Waals surface area contributed by atoms with Gasteiger partial charge in [0, 0.05) is 13.0 Å². The van der Waals surface area contributed by atoms with Gasteiger partial charge in [0.2, 0.25) is 0 Å². The van der Waals surface area contributed by atoms with Gasteiger partial charge in [-0.1, -0.05) is 194 Å². The number of unbranched alkanes of at least 4 members (excludes halogenated alkanes) is 30. The first-order chi connectivity index (χ1) is 20.3. The lowest BCUT2D eigenvalue weighted by Gasteiger charge is -2.19. The summed E-state index contributed by atoms with van der Waals surface area (Å²) < 4.78 is 0. The molecule has 3 heteroatoms. The Morgan fingerprint density at radius 3 is 0.690 bits per heavy atom. The molecule has 0 radical (unpaired) electrons. The average molecular weight is 617 g/mol. The highest BCUT2D eigenvalue weighted by Crippen LogP contribution is 2.15. The van der Waals surface area contributed by atoms with E-state index in [2.05, 4.69) is 13.8 Å². The minimum absolute atomic E-state index is 0. The maximum Gasteiger partial charge on any atom is 0.0793 e. The van der Waals surface area contributed by atoms with Gasteiger partial charge < -0.3 is 22.4 Å². The monoisotopic (exact) mass is 616 g/mol. The zero-order valence-corrected chi connectivity index (χ0v) is 30.2. The number of halogens is 1. The van der Waals surface area contributed by atoms with Crippen molar-refractivity contribution in [3.63, 3.8) is 0 Å². The molecule has 0 aromatic heterocycles. The zero-order chi connectivity index (χ0) is 29.7. The van der Waals surface area contributed by atoms with E-state index in [9.17, 15) is 5.11 Å². The molecule has 42 heavy (non-hydrogen) atoms. The van der Waals surface area contributed by atoms with Gasteiger partial charge in [-0.2, -0.15) is 0 Å². The first kappa shape index (κ1) is 44.3. The molecule has 0 rings (SSSR count). The summed E-state index contributed by atoms with van der Waals surface area (Å²) in [6.07, 6.45) is 47.3. The lowest BCUT2D eigenvalue weighted by molar-refractivity contribution is -0.900. The first-order valence-corrected chi connectivity index (χ1v) is 19.8. The number of hydrogen-bond donors (Lipinski definition) is 2. The van der Waals surface area contributed by atoms with E-state index >= 15 is 0 Å². The fourth-order valence-corrected chi connectivity index (χ4v) is 6.55. The van der Waals surface area contributed by atoms with Gasteiger partial charge in [-0.15, -0.1) is 0 Å². The second-order valence-corrected chi connectivity index (χ2v) is 13.7. The standard InChI is InChI=1S/C39H81NO.ClH/c1-3-5-7-9-11-13-15-17-19-21-23-25-27-29-31-33-36-40(38-35-39-41)37-34-32-30-28-26-24-22-20-18-16-14-12-10-8-6-4-2;/h41H,3-39H2,1-2H3;1H. The zero-order valence-electron chi connectivity index (χ0n) is 29.5. The van der Waals surface area contributed by atoms with Crippen LogP contribution in [-0.2, 0) is 0 Å². The number of nitrogens with one attached hydrogen (secondary N) is 1. The molecule has 0 aliphatic rings. The van der Waals surface area contributed by atoms with Crippen molar-refractivity contribution in [2.45, 2.75) is 226 Å². The SMILES string of the molecule is CCCCCCCCCCCCCCCCCC[NH+](CCCO)CCCCCCCCCCCCCCCCCC.[Cl-]. The van der Waals surface area contributed by atoms with Crippen molar-refractivity contribution in [3.8, 4) is 0 Å². The normalized spacial score (nSPS) is 11.4. The molecule has 0 unspecified atom stereocenters. The van der Waals surface area contributed by atoms with Crippen LogP contribution >= 0.6 is 0 Å². The molecule has 0 amide bonds. The number of quaternary nitrogens is 1. The van der Waals surface area contributed by atoms with Gasteiger partial charge in [0.25, 0.3) is 0 Å². The molecular formula is C39H82ClNO. The Kier molecular flexibility index (Phi) is 43.5. The molecule has 2 nitrogen and oxygen atoms in total. The number of aliphatic hydroxyl groups is 1. The van der Waals surface area contributed by atoms with Gasteiger partial charge in [-0.3, -0.25) is 0 Å². The van der Waals surface area contributed by atoms with Crippen molar-refractivity contribution in [1.82, 2.24) is 0 Å². The number of rotatable bonds is 37. The quantitative estimate of drug-likeness (QED) is 0.0671. The molecule has 0 atom stereocenters. The second kappa shape index (κ2) is 41.2. The average Bonchev–Trinajstić information content (AvgIpc) is 2.98.